The maximum Gasteiger partial charge on any atom is 0.264 e. The highest BCUT2D eigenvalue weighted by Crippen LogP contribution is 2.32. The first kappa shape index (κ1) is 16.2. The molecule has 0 aliphatic rings. The third kappa shape index (κ3) is 4.14. The van der Waals surface area contributed by atoms with Gasteiger partial charge in [0, 0.05) is 17.6 Å². The van der Waals surface area contributed by atoms with Gasteiger partial charge in [0.1, 0.15) is 5.76 Å². The Hall–Kier alpha value is -1.19. The molecule has 0 unspecified atom stereocenters. The van der Waals surface area contributed by atoms with Crippen LogP contribution in [0.15, 0.2) is 24.9 Å². The number of halogens is 2. The summed E-state index contributed by atoms with van der Waals surface area (Å²) in [5.74, 6) is 0.370. The molecule has 21 heavy (non-hydrogen) atoms. The average Bonchev–Trinajstić information content (AvgIpc) is 2.95. The SMILES string of the molecule is Cc1cc(NC(=O)CN(C)C(=O)c2cc(Br)c(Br)s2)no1. The van der Waals surface area contributed by atoms with Gasteiger partial charge in [-0.1, -0.05) is 5.16 Å². The molecule has 2 aromatic heterocycles. The number of amides is 2. The summed E-state index contributed by atoms with van der Waals surface area (Å²) in [4.78, 5) is 25.9. The maximum absolute atomic E-state index is 12.2. The Bertz CT molecular complexity index is 664. The van der Waals surface area contributed by atoms with E-state index in [2.05, 4.69) is 42.3 Å². The quantitative estimate of drug-likeness (QED) is 0.797. The van der Waals surface area contributed by atoms with Gasteiger partial charge in [0.2, 0.25) is 5.91 Å². The lowest BCUT2D eigenvalue weighted by molar-refractivity contribution is -0.116. The van der Waals surface area contributed by atoms with Crippen molar-refractivity contribution in [2.75, 3.05) is 18.9 Å². The molecule has 2 aromatic rings. The second-order valence-corrected chi connectivity index (χ2v) is 7.49. The van der Waals surface area contributed by atoms with Crippen LogP contribution in [0.4, 0.5) is 5.82 Å². The monoisotopic (exact) mass is 435 g/mol. The van der Waals surface area contributed by atoms with Crippen LogP contribution in [-0.2, 0) is 4.79 Å². The molecule has 0 atom stereocenters. The molecule has 2 rings (SSSR count). The minimum Gasteiger partial charge on any atom is -0.360 e. The van der Waals surface area contributed by atoms with Crippen molar-refractivity contribution >= 4 is 60.8 Å². The number of thiophene rings is 1. The lowest BCUT2D eigenvalue weighted by Crippen LogP contribution is -2.34. The molecule has 112 valence electrons. The zero-order valence-corrected chi connectivity index (χ0v) is 15.1. The number of likely N-dealkylation sites (N-methyl/N-ethyl adjacent to an activating group) is 1. The number of aryl methyl sites for hydroxylation is 1. The Morgan fingerprint density at radius 3 is 2.67 bits per heavy atom. The summed E-state index contributed by atoms with van der Waals surface area (Å²) in [7, 11) is 1.57. The number of hydrogen-bond donors (Lipinski definition) is 1. The standard InChI is InChI=1S/C12H11Br2N3O3S/c1-6-3-9(16-20-6)15-10(18)5-17(2)12(19)8-4-7(13)11(14)21-8/h3-4H,5H2,1-2H3,(H,15,16,18). The largest absolute Gasteiger partial charge is 0.360 e. The minimum atomic E-state index is -0.339. The van der Waals surface area contributed by atoms with Crippen molar-refractivity contribution in [1.82, 2.24) is 10.1 Å². The van der Waals surface area contributed by atoms with Gasteiger partial charge in [0.05, 0.1) is 15.2 Å². The van der Waals surface area contributed by atoms with Crippen LogP contribution in [0.2, 0.25) is 0 Å². The highest BCUT2D eigenvalue weighted by atomic mass is 79.9. The van der Waals surface area contributed by atoms with Crippen molar-refractivity contribution in [3.63, 3.8) is 0 Å². The fourth-order valence-electron chi connectivity index (χ4n) is 1.53. The first-order chi connectivity index (χ1) is 9.86. The summed E-state index contributed by atoms with van der Waals surface area (Å²) in [6.45, 7) is 1.66. The van der Waals surface area contributed by atoms with Crippen molar-refractivity contribution in [1.29, 1.82) is 0 Å². The zero-order valence-electron chi connectivity index (χ0n) is 11.1. The predicted octanol–water partition coefficient (Wildman–Crippen LogP) is 3.28. The molecule has 0 aliphatic carbocycles. The molecule has 6 nitrogen and oxygen atoms in total. The van der Waals surface area contributed by atoms with Crippen LogP contribution in [-0.4, -0.2) is 35.5 Å². The van der Waals surface area contributed by atoms with E-state index < -0.39 is 0 Å². The molecule has 2 heterocycles. The summed E-state index contributed by atoms with van der Waals surface area (Å²) in [6.07, 6.45) is 0. The smallest absolute Gasteiger partial charge is 0.264 e. The van der Waals surface area contributed by atoms with Gasteiger partial charge in [-0.05, 0) is 44.8 Å². The van der Waals surface area contributed by atoms with Crippen molar-refractivity contribution in [3.8, 4) is 0 Å². The van der Waals surface area contributed by atoms with Gasteiger partial charge in [0.15, 0.2) is 5.82 Å². The van der Waals surface area contributed by atoms with Crippen LogP contribution in [0.5, 0.6) is 0 Å². The number of hydrogen-bond acceptors (Lipinski definition) is 5. The molecule has 0 fully saturated rings. The predicted molar refractivity (Wildman–Crippen MR) is 86.5 cm³/mol. The second kappa shape index (κ2) is 6.71. The van der Waals surface area contributed by atoms with Gasteiger partial charge >= 0.3 is 0 Å². The number of carbonyl (C=O) groups is 2. The Morgan fingerprint density at radius 1 is 1.43 bits per heavy atom. The van der Waals surface area contributed by atoms with E-state index in [-0.39, 0.29) is 18.4 Å². The van der Waals surface area contributed by atoms with Gasteiger partial charge in [-0.15, -0.1) is 11.3 Å². The van der Waals surface area contributed by atoms with E-state index in [9.17, 15) is 9.59 Å². The van der Waals surface area contributed by atoms with Gasteiger partial charge in [-0.2, -0.15) is 0 Å². The summed E-state index contributed by atoms with van der Waals surface area (Å²) < 4.78 is 6.50. The molecule has 0 aromatic carbocycles. The van der Waals surface area contributed by atoms with E-state index in [1.165, 1.54) is 16.2 Å². The van der Waals surface area contributed by atoms with Crippen LogP contribution < -0.4 is 5.32 Å². The minimum absolute atomic E-state index is 0.0715. The molecular weight excluding hydrogens is 426 g/mol. The number of anilines is 1. The molecule has 0 spiro atoms. The second-order valence-electron chi connectivity index (χ2n) is 4.26. The van der Waals surface area contributed by atoms with Crippen LogP contribution in [0, 0.1) is 6.92 Å². The Labute approximate surface area is 141 Å². The highest BCUT2D eigenvalue weighted by Gasteiger charge is 2.18. The van der Waals surface area contributed by atoms with E-state index in [0.29, 0.717) is 16.5 Å². The zero-order chi connectivity index (χ0) is 15.6. The van der Waals surface area contributed by atoms with E-state index >= 15 is 0 Å². The van der Waals surface area contributed by atoms with E-state index in [1.54, 1.807) is 26.1 Å². The molecular formula is C12H11Br2N3O3S. The highest BCUT2D eigenvalue weighted by molar-refractivity contribution is 9.13. The van der Waals surface area contributed by atoms with Crippen molar-refractivity contribution < 1.29 is 14.1 Å². The average molecular weight is 437 g/mol. The lowest BCUT2D eigenvalue weighted by atomic mass is 10.4. The van der Waals surface area contributed by atoms with Crippen molar-refractivity contribution in [2.45, 2.75) is 6.92 Å². The normalized spacial score (nSPS) is 10.5. The molecule has 0 bridgehead atoms. The van der Waals surface area contributed by atoms with Crippen LogP contribution >= 0.6 is 43.2 Å². The molecule has 0 saturated carbocycles. The first-order valence-corrected chi connectivity index (χ1v) is 8.20. The van der Waals surface area contributed by atoms with Crippen molar-refractivity contribution in [3.05, 3.63) is 31.0 Å². The number of aromatic nitrogens is 1. The molecule has 0 aliphatic heterocycles. The number of nitrogens with one attached hydrogen (secondary N) is 1. The van der Waals surface area contributed by atoms with Crippen LogP contribution in [0.3, 0.4) is 0 Å². The first-order valence-electron chi connectivity index (χ1n) is 5.80. The molecule has 0 radical (unpaired) electrons. The topological polar surface area (TPSA) is 75.4 Å². The van der Waals surface area contributed by atoms with E-state index in [0.717, 1.165) is 8.26 Å². The van der Waals surface area contributed by atoms with Crippen LogP contribution in [0.1, 0.15) is 15.4 Å². The summed E-state index contributed by atoms with van der Waals surface area (Å²) in [6, 6.07) is 3.32. The number of carbonyl (C=O) groups excluding carboxylic acids is 2. The van der Waals surface area contributed by atoms with Gasteiger partial charge in [0.25, 0.3) is 5.91 Å². The lowest BCUT2D eigenvalue weighted by Gasteiger charge is -2.15. The third-order valence-corrected chi connectivity index (χ3v) is 5.72. The van der Waals surface area contributed by atoms with Gasteiger partial charge in [-0.25, -0.2) is 0 Å². The molecule has 9 heteroatoms. The van der Waals surface area contributed by atoms with E-state index in [1.807, 2.05) is 0 Å². The summed E-state index contributed by atoms with van der Waals surface area (Å²) >= 11 is 7.96. The third-order valence-electron chi connectivity index (χ3n) is 2.48. The van der Waals surface area contributed by atoms with Crippen LogP contribution in [0.25, 0.3) is 0 Å². The Kier molecular flexibility index (Phi) is 5.17. The molecule has 1 N–H and O–H groups in total. The van der Waals surface area contributed by atoms with Gasteiger partial charge in [-0.3, -0.25) is 9.59 Å². The van der Waals surface area contributed by atoms with Crippen molar-refractivity contribution in [2.24, 2.45) is 0 Å². The number of nitrogens with zero attached hydrogens (tertiary/aromatic N) is 2. The fourth-order valence-corrected chi connectivity index (χ4v) is 3.57. The van der Waals surface area contributed by atoms with E-state index in [4.69, 9.17) is 4.52 Å². The van der Waals surface area contributed by atoms with Gasteiger partial charge < -0.3 is 14.7 Å². The Balaban J connectivity index is 1.95. The maximum atomic E-state index is 12.2. The molecule has 2 amide bonds. The summed E-state index contributed by atoms with van der Waals surface area (Å²) in [5, 5.41) is 6.22. The fraction of sp³-hybridized carbons (Fsp3) is 0.250. The number of rotatable bonds is 4. The summed E-state index contributed by atoms with van der Waals surface area (Å²) in [5.41, 5.74) is 0. The molecule has 0 saturated heterocycles. The Morgan fingerprint density at radius 2 is 2.14 bits per heavy atom.